The van der Waals surface area contributed by atoms with Gasteiger partial charge in [-0.25, -0.2) is 4.39 Å². The van der Waals surface area contributed by atoms with Crippen molar-refractivity contribution in [1.82, 2.24) is 0 Å². The summed E-state index contributed by atoms with van der Waals surface area (Å²) >= 11 is 0. The summed E-state index contributed by atoms with van der Waals surface area (Å²) < 4.78 is 14.5. The summed E-state index contributed by atoms with van der Waals surface area (Å²) in [4.78, 5) is 24.6. The Labute approximate surface area is 162 Å². The summed E-state index contributed by atoms with van der Waals surface area (Å²) in [6, 6.07) is 0. The van der Waals surface area contributed by atoms with Crippen molar-refractivity contribution in [2.24, 2.45) is 0 Å². The number of Topliss-reactive ketones (excluding diaryl/α,β-unsaturated/α-hetero) is 2. The maximum absolute atomic E-state index is 14.5. The van der Waals surface area contributed by atoms with E-state index in [9.17, 15) is 19.1 Å². The van der Waals surface area contributed by atoms with Crippen LogP contribution in [0.3, 0.4) is 0 Å². The maximum Gasteiger partial charge on any atom is 0.233 e. The summed E-state index contributed by atoms with van der Waals surface area (Å²) in [6.45, 7) is 8.10. The summed E-state index contributed by atoms with van der Waals surface area (Å²) in [5.74, 6) is -3.14. The highest BCUT2D eigenvalue weighted by atomic mass is 19.1. The second kappa shape index (κ2) is 11.7. The number of aliphatic hydroxyl groups is 1. The fourth-order valence-corrected chi connectivity index (χ4v) is 3.04. The summed E-state index contributed by atoms with van der Waals surface area (Å²) in [6.07, 6.45) is 10.7. The normalized spacial score (nSPS) is 15.7. The number of halogens is 1. The number of carbonyl (C=O) groups excluding carboxylic acids is 2. The molecule has 0 atom stereocenters. The third-order valence-corrected chi connectivity index (χ3v) is 4.79. The molecule has 0 amide bonds. The van der Waals surface area contributed by atoms with Crippen LogP contribution in [0.5, 0.6) is 0 Å². The molecule has 4 heteroatoms. The highest BCUT2D eigenvalue weighted by Gasteiger charge is 2.34. The van der Waals surface area contributed by atoms with Gasteiger partial charge in [-0.3, -0.25) is 9.59 Å². The molecule has 3 nitrogen and oxygen atoms in total. The molecular weight excluding hydrogens is 343 g/mol. The molecule has 0 fully saturated rings. The predicted molar refractivity (Wildman–Crippen MR) is 108 cm³/mol. The minimum Gasteiger partial charge on any atom is -0.505 e. The van der Waals surface area contributed by atoms with E-state index in [1.54, 1.807) is 6.08 Å². The maximum atomic E-state index is 14.5. The lowest BCUT2D eigenvalue weighted by atomic mass is 9.88. The summed E-state index contributed by atoms with van der Waals surface area (Å²) in [7, 11) is 0. The van der Waals surface area contributed by atoms with Crippen LogP contribution < -0.4 is 0 Å². The number of carbonyl (C=O) groups is 2. The molecule has 0 spiro atoms. The molecule has 150 valence electrons. The number of aliphatic hydroxyl groups excluding tert-OH is 1. The topological polar surface area (TPSA) is 54.4 Å². The standard InChI is InChI=1S/C23H33FO3/c1-5-6-7-8-9-13-18-20(24)21(25)19(23(27)22(18)26)15-14-17(4)12-10-11-16(2)3/h11,14,25H,5-10,12-13,15H2,1-4H3/b17-14+. The second-order valence-corrected chi connectivity index (χ2v) is 7.52. The van der Waals surface area contributed by atoms with Crippen molar-refractivity contribution >= 4 is 11.6 Å². The van der Waals surface area contributed by atoms with Gasteiger partial charge in [0.2, 0.25) is 11.6 Å². The Hall–Kier alpha value is -1.97. The van der Waals surface area contributed by atoms with Crippen LogP contribution in [0.4, 0.5) is 4.39 Å². The molecule has 0 saturated carbocycles. The molecular formula is C23H33FO3. The van der Waals surface area contributed by atoms with Crippen LogP contribution in [0.1, 0.15) is 85.5 Å². The first-order valence-electron chi connectivity index (χ1n) is 9.98. The van der Waals surface area contributed by atoms with Gasteiger partial charge in [-0.2, -0.15) is 0 Å². The van der Waals surface area contributed by atoms with E-state index in [2.05, 4.69) is 13.0 Å². The van der Waals surface area contributed by atoms with E-state index in [1.807, 2.05) is 20.8 Å². The second-order valence-electron chi connectivity index (χ2n) is 7.52. The number of rotatable bonds is 11. The number of hydrogen-bond acceptors (Lipinski definition) is 3. The molecule has 0 bridgehead atoms. The average Bonchev–Trinajstić information content (AvgIpc) is 2.62. The molecule has 1 aliphatic rings. The first-order valence-corrected chi connectivity index (χ1v) is 9.98. The van der Waals surface area contributed by atoms with Gasteiger partial charge < -0.3 is 5.11 Å². The van der Waals surface area contributed by atoms with E-state index < -0.39 is 23.2 Å². The molecule has 0 aliphatic heterocycles. The molecule has 1 aliphatic carbocycles. The van der Waals surface area contributed by atoms with Crippen molar-refractivity contribution in [1.29, 1.82) is 0 Å². The summed E-state index contributed by atoms with van der Waals surface area (Å²) in [5, 5.41) is 10.1. The van der Waals surface area contributed by atoms with Crippen molar-refractivity contribution in [2.75, 3.05) is 0 Å². The zero-order chi connectivity index (χ0) is 20.4. The SMILES string of the molecule is CCCCCCCC1=C(F)C(O)=C(C/C=C(\C)CCC=C(C)C)C(=O)C1=O. The van der Waals surface area contributed by atoms with Gasteiger partial charge in [0.25, 0.3) is 0 Å². The first kappa shape index (κ1) is 23.1. The number of ketones is 2. The minimum absolute atomic E-state index is 0.0776. The Morgan fingerprint density at radius 1 is 0.963 bits per heavy atom. The zero-order valence-electron chi connectivity index (χ0n) is 17.2. The Bertz CT molecular complexity index is 674. The van der Waals surface area contributed by atoms with Crippen molar-refractivity contribution in [3.05, 3.63) is 46.0 Å². The van der Waals surface area contributed by atoms with Gasteiger partial charge in [-0.15, -0.1) is 0 Å². The van der Waals surface area contributed by atoms with E-state index in [0.717, 1.165) is 44.1 Å². The summed E-state index contributed by atoms with van der Waals surface area (Å²) in [5.41, 5.74) is 1.99. The van der Waals surface area contributed by atoms with Gasteiger partial charge in [0.15, 0.2) is 11.6 Å². The predicted octanol–water partition coefficient (Wildman–Crippen LogP) is 6.62. The average molecular weight is 377 g/mol. The number of allylic oxidation sites excluding steroid dienone is 7. The Balaban J connectivity index is 2.81. The van der Waals surface area contributed by atoms with E-state index in [0.29, 0.717) is 6.42 Å². The van der Waals surface area contributed by atoms with Gasteiger partial charge in [0, 0.05) is 5.57 Å². The molecule has 27 heavy (non-hydrogen) atoms. The van der Waals surface area contributed by atoms with E-state index in [-0.39, 0.29) is 24.0 Å². The first-order chi connectivity index (χ1) is 12.8. The van der Waals surface area contributed by atoms with Gasteiger partial charge in [0.05, 0.1) is 5.57 Å². The molecule has 0 heterocycles. The lowest BCUT2D eigenvalue weighted by Gasteiger charge is -2.16. The van der Waals surface area contributed by atoms with Crippen LogP contribution in [0.25, 0.3) is 0 Å². The van der Waals surface area contributed by atoms with Gasteiger partial charge in [0.1, 0.15) is 0 Å². The molecule has 0 radical (unpaired) electrons. The molecule has 0 aromatic rings. The van der Waals surface area contributed by atoms with Gasteiger partial charge in [-0.1, -0.05) is 55.9 Å². The van der Waals surface area contributed by atoms with Crippen LogP contribution in [-0.2, 0) is 9.59 Å². The van der Waals surface area contributed by atoms with E-state index in [4.69, 9.17) is 0 Å². The Kier molecular flexibility index (Phi) is 9.98. The van der Waals surface area contributed by atoms with Crippen molar-refractivity contribution in [3.8, 4) is 0 Å². The molecule has 0 saturated heterocycles. The van der Waals surface area contributed by atoms with Crippen LogP contribution in [0.15, 0.2) is 46.0 Å². The van der Waals surface area contributed by atoms with Gasteiger partial charge in [-0.05, 0) is 52.9 Å². The fraction of sp³-hybridized carbons (Fsp3) is 0.565. The van der Waals surface area contributed by atoms with E-state index in [1.165, 1.54) is 5.57 Å². The van der Waals surface area contributed by atoms with Crippen molar-refractivity contribution in [3.63, 3.8) is 0 Å². The Morgan fingerprint density at radius 3 is 2.22 bits per heavy atom. The third-order valence-electron chi connectivity index (χ3n) is 4.79. The minimum atomic E-state index is -0.916. The lowest BCUT2D eigenvalue weighted by molar-refractivity contribution is -0.132. The fourth-order valence-electron chi connectivity index (χ4n) is 3.04. The molecule has 0 aromatic heterocycles. The van der Waals surface area contributed by atoms with Crippen LogP contribution in [-0.4, -0.2) is 16.7 Å². The van der Waals surface area contributed by atoms with Crippen LogP contribution in [0, 0.1) is 0 Å². The monoisotopic (exact) mass is 376 g/mol. The molecule has 1 rings (SSSR count). The highest BCUT2D eigenvalue weighted by Crippen LogP contribution is 2.31. The van der Waals surface area contributed by atoms with Crippen LogP contribution >= 0.6 is 0 Å². The van der Waals surface area contributed by atoms with Gasteiger partial charge >= 0.3 is 0 Å². The third kappa shape index (κ3) is 7.28. The highest BCUT2D eigenvalue weighted by molar-refractivity contribution is 6.50. The van der Waals surface area contributed by atoms with Crippen LogP contribution in [0.2, 0.25) is 0 Å². The molecule has 0 unspecified atom stereocenters. The van der Waals surface area contributed by atoms with Crippen molar-refractivity contribution in [2.45, 2.75) is 85.5 Å². The quantitative estimate of drug-likeness (QED) is 0.191. The molecule has 0 aromatic carbocycles. The lowest BCUT2D eigenvalue weighted by Crippen LogP contribution is -2.25. The number of unbranched alkanes of at least 4 members (excludes halogenated alkanes) is 4. The number of hydrogen-bond donors (Lipinski definition) is 1. The largest absolute Gasteiger partial charge is 0.505 e. The Morgan fingerprint density at radius 2 is 1.59 bits per heavy atom. The molecule has 1 N–H and O–H groups in total. The zero-order valence-corrected chi connectivity index (χ0v) is 17.2. The smallest absolute Gasteiger partial charge is 0.233 e. The van der Waals surface area contributed by atoms with E-state index >= 15 is 0 Å². The van der Waals surface area contributed by atoms with Crippen molar-refractivity contribution < 1.29 is 19.1 Å².